The van der Waals surface area contributed by atoms with Crippen LogP contribution in [0.3, 0.4) is 0 Å². The van der Waals surface area contributed by atoms with Gasteiger partial charge in [-0.15, -0.1) is 0 Å². The number of benzene rings is 1. The summed E-state index contributed by atoms with van der Waals surface area (Å²) in [6, 6.07) is 5.50. The average Bonchev–Trinajstić information content (AvgIpc) is 2.28. The molecular formula is C15H19F3O2. The third kappa shape index (κ3) is 3.66. The van der Waals surface area contributed by atoms with Crippen molar-refractivity contribution in [2.75, 3.05) is 0 Å². The van der Waals surface area contributed by atoms with Gasteiger partial charge in [0.25, 0.3) is 0 Å². The lowest BCUT2D eigenvalue weighted by atomic mass is 9.86. The van der Waals surface area contributed by atoms with Crippen LogP contribution in [0.2, 0.25) is 0 Å². The Labute approximate surface area is 116 Å². The van der Waals surface area contributed by atoms with Gasteiger partial charge in [0, 0.05) is 18.4 Å². The highest BCUT2D eigenvalue weighted by atomic mass is 19.4. The van der Waals surface area contributed by atoms with Gasteiger partial charge >= 0.3 is 6.18 Å². The maximum Gasteiger partial charge on any atom is 0.389 e. The summed E-state index contributed by atoms with van der Waals surface area (Å²) in [7, 11) is 0. The molecule has 0 saturated carbocycles. The van der Waals surface area contributed by atoms with E-state index < -0.39 is 24.3 Å². The summed E-state index contributed by atoms with van der Waals surface area (Å²) in [5.74, 6) is 0.573. The van der Waals surface area contributed by atoms with Gasteiger partial charge in [0.15, 0.2) is 0 Å². The molecule has 2 rings (SSSR count). The van der Waals surface area contributed by atoms with Gasteiger partial charge in [0.2, 0.25) is 0 Å². The van der Waals surface area contributed by atoms with E-state index in [1.165, 1.54) is 0 Å². The molecule has 1 aliphatic rings. The molecule has 0 amide bonds. The maximum atomic E-state index is 12.2. The summed E-state index contributed by atoms with van der Waals surface area (Å²) in [5, 5.41) is 10.2. The zero-order valence-electron chi connectivity index (χ0n) is 11.6. The number of halogens is 3. The normalized spacial score (nSPS) is 26.0. The number of alkyl halides is 3. The van der Waals surface area contributed by atoms with E-state index in [1.54, 1.807) is 13.0 Å². The molecule has 0 aliphatic carbocycles. The fourth-order valence-electron chi connectivity index (χ4n) is 2.66. The number of hydrogen-bond acceptors (Lipinski definition) is 2. The summed E-state index contributed by atoms with van der Waals surface area (Å²) in [5.41, 5.74) is 0.998. The highest BCUT2D eigenvalue weighted by Crippen LogP contribution is 2.42. The van der Waals surface area contributed by atoms with E-state index in [1.807, 2.05) is 19.1 Å². The van der Waals surface area contributed by atoms with E-state index in [0.717, 1.165) is 11.1 Å². The molecule has 1 N–H and O–H groups in total. The molecule has 5 heteroatoms. The van der Waals surface area contributed by atoms with Crippen molar-refractivity contribution in [1.82, 2.24) is 0 Å². The maximum absolute atomic E-state index is 12.2. The van der Waals surface area contributed by atoms with E-state index in [0.29, 0.717) is 12.2 Å². The van der Waals surface area contributed by atoms with Gasteiger partial charge in [-0.05, 0) is 38.8 Å². The van der Waals surface area contributed by atoms with Crippen molar-refractivity contribution in [3.05, 3.63) is 29.3 Å². The third-order valence-corrected chi connectivity index (χ3v) is 3.67. The van der Waals surface area contributed by atoms with Crippen LogP contribution in [0, 0.1) is 6.92 Å². The molecule has 20 heavy (non-hydrogen) atoms. The lowest BCUT2D eigenvalue weighted by Gasteiger charge is -2.38. The molecule has 2 atom stereocenters. The van der Waals surface area contributed by atoms with Crippen LogP contribution in [0.15, 0.2) is 18.2 Å². The second-order valence-corrected chi connectivity index (χ2v) is 5.78. The molecule has 0 aromatic heterocycles. The number of aliphatic hydroxyl groups is 1. The van der Waals surface area contributed by atoms with Crippen LogP contribution in [-0.2, 0) is 0 Å². The summed E-state index contributed by atoms with van der Waals surface area (Å²) in [6.45, 7) is 3.68. The molecule has 0 saturated heterocycles. The van der Waals surface area contributed by atoms with Gasteiger partial charge in [0.1, 0.15) is 11.4 Å². The highest BCUT2D eigenvalue weighted by Gasteiger charge is 2.37. The Bertz CT molecular complexity index is 484. The van der Waals surface area contributed by atoms with E-state index in [9.17, 15) is 18.3 Å². The minimum atomic E-state index is -4.14. The predicted octanol–water partition coefficient (Wildman–Crippen LogP) is 4.30. The van der Waals surface area contributed by atoms with Crippen molar-refractivity contribution in [3.63, 3.8) is 0 Å². The van der Waals surface area contributed by atoms with E-state index in [4.69, 9.17) is 4.74 Å². The molecule has 1 unspecified atom stereocenters. The molecule has 1 aromatic carbocycles. The molecule has 1 aliphatic heterocycles. The molecule has 1 aromatic rings. The number of rotatable bonds is 3. The number of ether oxygens (including phenoxy) is 1. The number of fused-ring (bicyclic) bond motifs is 1. The quantitative estimate of drug-likeness (QED) is 0.898. The van der Waals surface area contributed by atoms with Crippen molar-refractivity contribution in [2.45, 2.75) is 57.4 Å². The van der Waals surface area contributed by atoms with Crippen molar-refractivity contribution in [2.24, 2.45) is 0 Å². The molecule has 0 radical (unpaired) electrons. The van der Waals surface area contributed by atoms with Crippen molar-refractivity contribution in [1.29, 1.82) is 0 Å². The van der Waals surface area contributed by atoms with Crippen LogP contribution in [0.1, 0.15) is 49.8 Å². The van der Waals surface area contributed by atoms with Crippen molar-refractivity contribution in [3.8, 4) is 5.75 Å². The Morgan fingerprint density at radius 2 is 2.10 bits per heavy atom. The summed E-state index contributed by atoms with van der Waals surface area (Å²) in [6.07, 6.45) is -5.04. The van der Waals surface area contributed by atoms with Crippen LogP contribution in [-0.4, -0.2) is 16.9 Å². The Morgan fingerprint density at radius 1 is 1.40 bits per heavy atom. The van der Waals surface area contributed by atoms with Crippen LogP contribution in [0.5, 0.6) is 5.75 Å². The first-order valence-corrected chi connectivity index (χ1v) is 6.73. The van der Waals surface area contributed by atoms with Crippen LogP contribution >= 0.6 is 0 Å². The van der Waals surface area contributed by atoms with Gasteiger partial charge < -0.3 is 9.84 Å². The third-order valence-electron chi connectivity index (χ3n) is 3.67. The summed E-state index contributed by atoms with van der Waals surface area (Å²) in [4.78, 5) is 0. The Hall–Kier alpha value is -1.23. The Balaban J connectivity index is 2.06. The zero-order chi connectivity index (χ0) is 15.0. The van der Waals surface area contributed by atoms with Crippen molar-refractivity contribution >= 4 is 0 Å². The molecular weight excluding hydrogens is 269 g/mol. The fourth-order valence-corrected chi connectivity index (χ4v) is 2.66. The molecule has 0 fully saturated rings. The Kier molecular flexibility index (Phi) is 4.00. The number of hydrogen-bond donors (Lipinski definition) is 1. The average molecular weight is 288 g/mol. The lowest BCUT2D eigenvalue weighted by Crippen LogP contribution is -2.38. The fraction of sp³-hybridized carbons (Fsp3) is 0.600. The van der Waals surface area contributed by atoms with Crippen molar-refractivity contribution < 1.29 is 23.0 Å². The standard InChI is InChI=1S/C15H19F3O2/c1-10-4-5-13-11(8-10)12(19)9-14(2,20-13)6-3-7-15(16,17)18/h4-5,8,12,19H,3,6-7,9H2,1-2H3/t12-,14?/m1/s1. The SMILES string of the molecule is Cc1ccc2c(c1)[C@H](O)CC(C)(CCCC(F)(F)F)O2. The molecule has 0 bridgehead atoms. The van der Waals surface area contributed by atoms with Crippen LogP contribution in [0.25, 0.3) is 0 Å². The van der Waals surface area contributed by atoms with Gasteiger partial charge in [-0.1, -0.05) is 11.6 Å². The van der Waals surface area contributed by atoms with Gasteiger partial charge in [0.05, 0.1) is 6.10 Å². The van der Waals surface area contributed by atoms with Gasteiger partial charge in [-0.25, -0.2) is 0 Å². The van der Waals surface area contributed by atoms with Crippen LogP contribution in [0.4, 0.5) is 13.2 Å². The highest BCUT2D eigenvalue weighted by molar-refractivity contribution is 5.40. The smallest absolute Gasteiger partial charge is 0.389 e. The van der Waals surface area contributed by atoms with Gasteiger partial charge in [-0.2, -0.15) is 13.2 Å². The lowest BCUT2D eigenvalue weighted by molar-refractivity contribution is -0.138. The number of aliphatic hydroxyl groups excluding tert-OH is 1. The molecule has 0 spiro atoms. The Morgan fingerprint density at radius 3 is 2.75 bits per heavy atom. The minimum Gasteiger partial charge on any atom is -0.487 e. The molecule has 112 valence electrons. The molecule has 1 heterocycles. The monoisotopic (exact) mass is 288 g/mol. The first-order chi connectivity index (χ1) is 9.19. The second kappa shape index (κ2) is 5.28. The first kappa shape index (κ1) is 15.2. The van der Waals surface area contributed by atoms with Crippen LogP contribution < -0.4 is 4.74 Å². The largest absolute Gasteiger partial charge is 0.487 e. The van der Waals surface area contributed by atoms with E-state index in [2.05, 4.69) is 0 Å². The van der Waals surface area contributed by atoms with E-state index in [-0.39, 0.29) is 12.8 Å². The minimum absolute atomic E-state index is 0.00785. The van der Waals surface area contributed by atoms with E-state index >= 15 is 0 Å². The number of aryl methyl sites for hydroxylation is 1. The zero-order valence-corrected chi connectivity index (χ0v) is 11.6. The summed E-state index contributed by atoms with van der Waals surface area (Å²) >= 11 is 0. The second-order valence-electron chi connectivity index (χ2n) is 5.78. The molecule has 2 nitrogen and oxygen atoms in total. The summed E-state index contributed by atoms with van der Waals surface area (Å²) < 4.78 is 42.4. The predicted molar refractivity (Wildman–Crippen MR) is 69.7 cm³/mol. The van der Waals surface area contributed by atoms with Gasteiger partial charge in [-0.3, -0.25) is 0 Å². The topological polar surface area (TPSA) is 29.5 Å². The first-order valence-electron chi connectivity index (χ1n) is 6.73.